The van der Waals surface area contributed by atoms with Gasteiger partial charge in [0.2, 0.25) is 0 Å². The highest BCUT2D eigenvalue weighted by Gasteiger charge is 2.20. The van der Waals surface area contributed by atoms with Gasteiger partial charge in [0.25, 0.3) is 0 Å². The number of likely N-dealkylation sites (tertiary alicyclic amines) is 1. The van der Waals surface area contributed by atoms with Gasteiger partial charge in [0.15, 0.2) is 0 Å². The van der Waals surface area contributed by atoms with Gasteiger partial charge in [-0.15, -0.1) is 0 Å². The van der Waals surface area contributed by atoms with Crippen LogP contribution in [-0.4, -0.2) is 45.1 Å². The zero-order valence-electron chi connectivity index (χ0n) is 13.5. The number of pyridine rings is 2. The molecule has 1 fully saturated rings. The molecule has 0 radical (unpaired) electrons. The maximum atomic E-state index is 11.0. The van der Waals surface area contributed by atoms with E-state index in [2.05, 4.69) is 14.9 Å². The minimum atomic E-state index is -0.988. The molecule has 0 spiro atoms. The van der Waals surface area contributed by atoms with Crippen LogP contribution in [0.25, 0.3) is 0 Å². The Hall–Kier alpha value is -2.31. The third kappa shape index (κ3) is 4.59. The smallest absolute Gasteiger partial charge is 0.354 e. The predicted octanol–water partition coefficient (Wildman–Crippen LogP) is 2.36. The Kier molecular flexibility index (Phi) is 5.51. The van der Waals surface area contributed by atoms with Crippen LogP contribution in [-0.2, 0) is 17.9 Å². The van der Waals surface area contributed by atoms with Crippen molar-refractivity contribution in [1.82, 2.24) is 14.9 Å². The molecular weight excluding hydrogens is 306 g/mol. The summed E-state index contributed by atoms with van der Waals surface area (Å²) in [4.78, 5) is 21.7. The molecule has 1 aliphatic rings. The first-order chi connectivity index (χ1) is 11.7. The Morgan fingerprint density at radius 3 is 2.67 bits per heavy atom. The maximum absolute atomic E-state index is 11.0. The van der Waals surface area contributed by atoms with Crippen LogP contribution in [0.15, 0.2) is 42.6 Å². The molecule has 6 nitrogen and oxygen atoms in total. The molecule has 24 heavy (non-hydrogen) atoms. The summed E-state index contributed by atoms with van der Waals surface area (Å²) in [6.07, 6.45) is 3.96. The van der Waals surface area contributed by atoms with Crippen molar-refractivity contribution in [1.29, 1.82) is 0 Å². The molecular formula is C18H21N3O3. The molecule has 0 amide bonds. The second-order valence-electron chi connectivity index (χ2n) is 5.93. The molecule has 1 aliphatic heterocycles. The highest BCUT2D eigenvalue weighted by atomic mass is 16.5. The molecule has 0 saturated carbocycles. The van der Waals surface area contributed by atoms with Gasteiger partial charge in [-0.2, -0.15) is 0 Å². The van der Waals surface area contributed by atoms with Crippen LogP contribution < -0.4 is 0 Å². The molecule has 0 aromatic carbocycles. The summed E-state index contributed by atoms with van der Waals surface area (Å²) in [6.45, 7) is 3.07. The van der Waals surface area contributed by atoms with Gasteiger partial charge >= 0.3 is 5.97 Å². The van der Waals surface area contributed by atoms with Crippen molar-refractivity contribution in [2.75, 3.05) is 13.1 Å². The number of rotatable bonds is 6. The molecule has 1 saturated heterocycles. The fourth-order valence-electron chi connectivity index (χ4n) is 2.84. The van der Waals surface area contributed by atoms with E-state index in [0.717, 1.165) is 37.3 Å². The predicted molar refractivity (Wildman–Crippen MR) is 88.5 cm³/mol. The van der Waals surface area contributed by atoms with Crippen molar-refractivity contribution < 1.29 is 14.6 Å². The standard InChI is InChI=1S/C18H21N3O3/c22-18(23)17-6-3-5-14(20-17)12-21-10-7-16(8-11-21)24-13-15-4-1-2-9-19-15/h1-6,9,16H,7-8,10-13H2,(H,22,23). The maximum Gasteiger partial charge on any atom is 0.354 e. The molecule has 0 atom stereocenters. The van der Waals surface area contributed by atoms with Crippen molar-refractivity contribution in [3.05, 3.63) is 59.7 Å². The molecule has 0 unspecified atom stereocenters. The SMILES string of the molecule is O=C(O)c1cccc(CN2CCC(OCc3ccccn3)CC2)n1. The van der Waals surface area contributed by atoms with Crippen LogP contribution in [0.2, 0.25) is 0 Å². The van der Waals surface area contributed by atoms with Gasteiger partial charge in [-0.25, -0.2) is 9.78 Å². The number of aromatic nitrogens is 2. The first kappa shape index (κ1) is 16.5. The van der Waals surface area contributed by atoms with E-state index in [1.165, 1.54) is 6.07 Å². The largest absolute Gasteiger partial charge is 0.477 e. The fraction of sp³-hybridized carbons (Fsp3) is 0.389. The highest BCUT2D eigenvalue weighted by Crippen LogP contribution is 2.17. The normalized spacial score (nSPS) is 16.2. The number of aromatic carboxylic acids is 1. The molecule has 2 aromatic heterocycles. The van der Waals surface area contributed by atoms with Crippen LogP contribution in [0.5, 0.6) is 0 Å². The number of carbonyl (C=O) groups is 1. The Morgan fingerprint density at radius 2 is 1.96 bits per heavy atom. The summed E-state index contributed by atoms with van der Waals surface area (Å²) in [5.74, 6) is -0.988. The molecule has 1 N–H and O–H groups in total. The molecule has 0 aliphatic carbocycles. The molecule has 6 heteroatoms. The van der Waals surface area contributed by atoms with E-state index >= 15 is 0 Å². The van der Waals surface area contributed by atoms with Crippen molar-refractivity contribution in [3.63, 3.8) is 0 Å². The van der Waals surface area contributed by atoms with E-state index in [0.29, 0.717) is 13.2 Å². The Morgan fingerprint density at radius 1 is 1.17 bits per heavy atom. The molecule has 0 bridgehead atoms. The van der Waals surface area contributed by atoms with Gasteiger partial charge in [-0.05, 0) is 37.1 Å². The Labute approximate surface area is 141 Å². The van der Waals surface area contributed by atoms with Crippen molar-refractivity contribution >= 4 is 5.97 Å². The summed E-state index contributed by atoms with van der Waals surface area (Å²) in [5.41, 5.74) is 1.85. The summed E-state index contributed by atoms with van der Waals surface area (Å²) in [6, 6.07) is 11.0. The number of ether oxygens (including phenoxy) is 1. The molecule has 3 rings (SSSR count). The molecule has 3 heterocycles. The van der Waals surface area contributed by atoms with Crippen LogP contribution in [0.4, 0.5) is 0 Å². The third-order valence-corrected chi connectivity index (χ3v) is 4.14. The van der Waals surface area contributed by atoms with Crippen LogP contribution >= 0.6 is 0 Å². The number of nitrogens with zero attached hydrogens (tertiary/aromatic N) is 3. The van der Waals surface area contributed by atoms with E-state index in [4.69, 9.17) is 9.84 Å². The van der Waals surface area contributed by atoms with E-state index in [9.17, 15) is 4.79 Å². The molecule has 2 aromatic rings. The lowest BCUT2D eigenvalue weighted by Gasteiger charge is -2.31. The first-order valence-corrected chi connectivity index (χ1v) is 8.14. The van der Waals surface area contributed by atoms with Crippen LogP contribution in [0.3, 0.4) is 0 Å². The number of hydrogen-bond acceptors (Lipinski definition) is 5. The van der Waals surface area contributed by atoms with Crippen molar-refractivity contribution in [2.45, 2.75) is 32.1 Å². The second kappa shape index (κ2) is 7.99. The van der Waals surface area contributed by atoms with E-state index < -0.39 is 5.97 Å². The van der Waals surface area contributed by atoms with Gasteiger partial charge < -0.3 is 9.84 Å². The van der Waals surface area contributed by atoms with Gasteiger partial charge in [0.05, 0.1) is 24.1 Å². The van der Waals surface area contributed by atoms with E-state index in [1.54, 1.807) is 12.3 Å². The number of carboxylic acid groups (broad SMARTS) is 1. The third-order valence-electron chi connectivity index (χ3n) is 4.14. The first-order valence-electron chi connectivity index (χ1n) is 8.14. The van der Waals surface area contributed by atoms with Crippen molar-refractivity contribution in [3.8, 4) is 0 Å². The average Bonchev–Trinajstić information content (AvgIpc) is 2.62. The summed E-state index contributed by atoms with van der Waals surface area (Å²) >= 11 is 0. The lowest BCUT2D eigenvalue weighted by molar-refractivity contribution is -0.00543. The lowest BCUT2D eigenvalue weighted by atomic mass is 10.1. The average molecular weight is 327 g/mol. The minimum Gasteiger partial charge on any atom is -0.477 e. The van der Waals surface area contributed by atoms with Crippen LogP contribution in [0.1, 0.15) is 34.7 Å². The highest BCUT2D eigenvalue weighted by molar-refractivity contribution is 5.85. The van der Waals surface area contributed by atoms with Gasteiger partial charge in [-0.3, -0.25) is 9.88 Å². The zero-order chi connectivity index (χ0) is 16.8. The monoisotopic (exact) mass is 327 g/mol. The quantitative estimate of drug-likeness (QED) is 0.878. The van der Waals surface area contributed by atoms with E-state index in [1.807, 2.05) is 24.3 Å². The second-order valence-corrected chi connectivity index (χ2v) is 5.93. The summed E-state index contributed by atoms with van der Waals surface area (Å²) < 4.78 is 5.94. The van der Waals surface area contributed by atoms with Gasteiger partial charge in [-0.1, -0.05) is 12.1 Å². The zero-order valence-corrected chi connectivity index (χ0v) is 13.5. The Bertz CT molecular complexity index is 670. The number of carboxylic acids is 1. The summed E-state index contributed by atoms with van der Waals surface area (Å²) in [7, 11) is 0. The number of piperidine rings is 1. The van der Waals surface area contributed by atoms with Gasteiger partial charge in [0, 0.05) is 25.8 Å². The lowest BCUT2D eigenvalue weighted by Crippen LogP contribution is -2.36. The van der Waals surface area contributed by atoms with Crippen LogP contribution in [0, 0.1) is 0 Å². The molecule has 126 valence electrons. The van der Waals surface area contributed by atoms with Gasteiger partial charge in [0.1, 0.15) is 5.69 Å². The minimum absolute atomic E-state index is 0.0982. The topological polar surface area (TPSA) is 75.5 Å². The number of hydrogen-bond donors (Lipinski definition) is 1. The van der Waals surface area contributed by atoms with Crippen molar-refractivity contribution in [2.24, 2.45) is 0 Å². The fourth-order valence-corrected chi connectivity index (χ4v) is 2.84. The summed E-state index contributed by atoms with van der Waals surface area (Å²) in [5, 5.41) is 9.01. The Balaban J connectivity index is 1.45. The van der Waals surface area contributed by atoms with E-state index in [-0.39, 0.29) is 11.8 Å².